The smallest absolute Gasteiger partial charge is 0.170 e. The summed E-state index contributed by atoms with van der Waals surface area (Å²) >= 11 is 11.8. The third-order valence-electron chi connectivity index (χ3n) is 2.69. The zero-order valence-electron chi connectivity index (χ0n) is 10.4. The van der Waals surface area contributed by atoms with Gasteiger partial charge in [0.05, 0.1) is 10.6 Å². The molecule has 2 aromatic rings. The van der Waals surface area contributed by atoms with Crippen molar-refractivity contribution in [3.63, 3.8) is 0 Å². The maximum absolute atomic E-state index is 11.0. The number of nitrogens with zero attached hydrogens (tertiary/aromatic N) is 3. The number of hydrogen-bond acceptors (Lipinski definition) is 4. The zero-order valence-corrected chi connectivity index (χ0v) is 11.9. The van der Waals surface area contributed by atoms with Crippen molar-refractivity contribution in [2.75, 3.05) is 0 Å². The van der Waals surface area contributed by atoms with Crippen LogP contribution in [0.25, 0.3) is 0 Å². The van der Waals surface area contributed by atoms with E-state index in [1.807, 2.05) is 14.0 Å². The number of benzene rings is 1. The molecule has 0 aliphatic heterocycles. The molecule has 1 heterocycles. The Morgan fingerprint density at radius 2 is 2.11 bits per heavy atom. The van der Waals surface area contributed by atoms with Gasteiger partial charge in [0.1, 0.15) is 18.2 Å². The Kier molecular flexibility index (Phi) is 4.07. The number of rotatable bonds is 4. The van der Waals surface area contributed by atoms with Crippen molar-refractivity contribution >= 4 is 29.5 Å². The van der Waals surface area contributed by atoms with E-state index in [1.165, 1.54) is 12.1 Å². The van der Waals surface area contributed by atoms with Gasteiger partial charge >= 0.3 is 0 Å². The molecule has 0 spiro atoms. The number of ether oxygens (including phenoxy) is 1. The summed E-state index contributed by atoms with van der Waals surface area (Å²) in [5.74, 6) is 1.71. The average Bonchev–Trinajstić information content (AvgIpc) is 2.68. The van der Waals surface area contributed by atoms with Gasteiger partial charge in [-0.25, -0.2) is 0 Å². The highest BCUT2D eigenvalue weighted by atomic mass is 35.5. The van der Waals surface area contributed by atoms with Gasteiger partial charge in [-0.05, 0) is 19.1 Å². The minimum Gasteiger partial charge on any atom is -0.483 e. The first-order chi connectivity index (χ1) is 9.02. The second kappa shape index (κ2) is 5.59. The molecule has 0 radical (unpaired) electrons. The molecule has 1 aromatic heterocycles. The molecule has 0 fully saturated rings. The Hall–Kier alpha value is -1.59. The van der Waals surface area contributed by atoms with E-state index in [9.17, 15) is 4.79 Å². The van der Waals surface area contributed by atoms with Crippen LogP contribution in [0.3, 0.4) is 0 Å². The summed E-state index contributed by atoms with van der Waals surface area (Å²) in [6, 6.07) is 3.02. The Morgan fingerprint density at radius 1 is 1.37 bits per heavy atom. The zero-order chi connectivity index (χ0) is 14.0. The number of aldehydes is 1. The molecule has 1 aromatic carbocycles. The maximum Gasteiger partial charge on any atom is 0.170 e. The van der Waals surface area contributed by atoms with E-state index >= 15 is 0 Å². The molecular weight excluding hydrogens is 289 g/mol. The van der Waals surface area contributed by atoms with E-state index in [4.69, 9.17) is 27.9 Å². The number of carbonyl (C=O) groups is 1. The topological polar surface area (TPSA) is 57.0 Å². The summed E-state index contributed by atoms with van der Waals surface area (Å²) in [6.45, 7) is 2.00. The molecule has 7 heteroatoms. The highest BCUT2D eigenvalue weighted by Gasteiger charge is 2.12. The first-order valence-corrected chi connectivity index (χ1v) is 6.20. The lowest BCUT2D eigenvalue weighted by Gasteiger charge is -2.10. The van der Waals surface area contributed by atoms with Crippen LogP contribution in [0.5, 0.6) is 5.75 Å². The molecule has 0 N–H and O–H groups in total. The number of aryl methyl sites for hydroxylation is 1. The third-order valence-corrected chi connectivity index (χ3v) is 3.19. The lowest BCUT2D eigenvalue weighted by Crippen LogP contribution is -2.06. The number of hydrogen-bond donors (Lipinski definition) is 0. The Bertz CT molecular complexity index is 626. The van der Waals surface area contributed by atoms with E-state index in [0.717, 1.165) is 5.82 Å². The van der Waals surface area contributed by atoms with Gasteiger partial charge in [0.15, 0.2) is 12.1 Å². The monoisotopic (exact) mass is 299 g/mol. The van der Waals surface area contributed by atoms with E-state index in [1.54, 1.807) is 4.57 Å². The maximum atomic E-state index is 11.0. The molecule has 0 aliphatic rings. The fraction of sp³-hybridized carbons (Fsp3) is 0.250. The normalized spacial score (nSPS) is 10.5. The Morgan fingerprint density at radius 3 is 2.68 bits per heavy atom. The molecular formula is C12H11Cl2N3O2. The van der Waals surface area contributed by atoms with Crippen molar-refractivity contribution in [2.45, 2.75) is 13.5 Å². The van der Waals surface area contributed by atoms with Gasteiger partial charge in [0, 0.05) is 12.1 Å². The van der Waals surface area contributed by atoms with E-state index in [-0.39, 0.29) is 11.6 Å². The molecule has 0 amide bonds. The summed E-state index contributed by atoms with van der Waals surface area (Å²) in [7, 11) is 1.83. The van der Waals surface area contributed by atoms with Crippen LogP contribution in [0.2, 0.25) is 10.0 Å². The second-order valence-corrected chi connectivity index (χ2v) is 4.78. The van der Waals surface area contributed by atoms with Crippen LogP contribution in [0.4, 0.5) is 0 Å². The molecule has 0 atom stereocenters. The van der Waals surface area contributed by atoms with Crippen molar-refractivity contribution in [1.82, 2.24) is 14.8 Å². The van der Waals surface area contributed by atoms with E-state index in [0.29, 0.717) is 28.4 Å². The van der Waals surface area contributed by atoms with Crippen LogP contribution in [0.15, 0.2) is 12.1 Å². The molecule has 0 bridgehead atoms. The number of carbonyl (C=O) groups excluding carboxylic acids is 1. The van der Waals surface area contributed by atoms with Gasteiger partial charge in [-0.15, -0.1) is 10.2 Å². The summed E-state index contributed by atoms with van der Waals surface area (Å²) in [6.07, 6.45) is 0.648. The molecule has 0 aliphatic carbocycles. The highest BCUT2D eigenvalue weighted by Crippen LogP contribution is 2.31. The molecule has 0 saturated heterocycles. The SMILES string of the molecule is Cc1nnc(COc2c(Cl)cc(Cl)cc2C=O)n1C. The summed E-state index contributed by atoms with van der Waals surface area (Å²) < 4.78 is 7.34. The first kappa shape index (κ1) is 13.8. The van der Waals surface area contributed by atoms with Crippen molar-refractivity contribution < 1.29 is 9.53 Å². The quantitative estimate of drug-likeness (QED) is 0.815. The van der Waals surface area contributed by atoms with Crippen molar-refractivity contribution in [2.24, 2.45) is 7.05 Å². The predicted octanol–water partition coefficient (Wildman–Crippen LogP) is 2.82. The van der Waals surface area contributed by atoms with Gasteiger partial charge < -0.3 is 9.30 Å². The summed E-state index contributed by atoms with van der Waals surface area (Å²) in [4.78, 5) is 11.0. The molecule has 0 unspecified atom stereocenters. The van der Waals surface area contributed by atoms with Crippen LogP contribution in [-0.2, 0) is 13.7 Å². The van der Waals surface area contributed by atoms with Crippen LogP contribution in [-0.4, -0.2) is 21.1 Å². The third kappa shape index (κ3) is 2.88. The van der Waals surface area contributed by atoms with Gasteiger partial charge in [-0.3, -0.25) is 4.79 Å². The first-order valence-electron chi connectivity index (χ1n) is 5.45. The van der Waals surface area contributed by atoms with Gasteiger partial charge in [0.25, 0.3) is 0 Å². The minimum absolute atomic E-state index is 0.166. The van der Waals surface area contributed by atoms with Crippen molar-refractivity contribution in [3.8, 4) is 5.75 Å². The highest BCUT2D eigenvalue weighted by molar-refractivity contribution is 6.36. The molecule has 19 heavy (non-hydrogen) atoms. The second-order valence-electron chi connectivity index (χ2n) is 3.93. The molecule has 2 rings (SSSR count). The fourth-order valence-electron chi connectivity index (χ4n) is 1.53. The lowest BCUT2D eigenvalue weighted by atomic mass is 10.2. The molecule has 5 nitrogen and oxygen atoms in total. The van der Waals surface area contributed by atoms with Gasteiger partial charge in [0.2, 0.25) is 0 Å². The lowest BCUT2D eigenvalue weighted by molar-refractivity contribution is 0.111. The molecule has 100 valence electrons. The predicted molar refractivity (Wildman–Crippen MR) is 71.9 cm³/mol. The van der Waals surface area contributed by atoms with E-state index in [2.05, 4.69) is 10.2 Å². The van der Waals surface area contributed by atoms with Crippen molar-refractivity contribution in [3.05, 3.63) is 39.4 Å². The summed E-state index contributed by atoms with van der Waals surface area (Å²) in [5.41, 5.74) is 0.302. The van der Waals surface area contributed by atoms with Crippen LogP contribution >= 0.6 is 23.2 Å². The largest absolute Gasteiger partial charge is 0.483 e. The summed E-state index contributed by atoms with van der Waals surface area (Å²) in [5, 5.41) is 8.55. The average molecular weight is 300 g/mol. The standard InChI is InChI=1S/C12H11Cl2N3O2/c1-7-15-16-11(17(7)2)6-19-12-8(5-18)3-9(13)4-10(12)14/h3-5H,6H2,1-2H3. The number of aromatic nitrogens is 3. The van der Waals surface area contributed by atoms with Crippen LogP contribution in [0.1, 0.15) is 22.0 Å². The van der Waals surface area contributed by atoms with Crippen LogP contribution in [0, 0.1) is 6.92 Å². The van der Waals surface area contributed by atoms with Gasteiger partial charge in [-0.1, -0.05) is 23.2 Å². The van der Waals surface area contributed by atoms with Crippen molar-refractivity contribution in [1.29, 1.82) is 0 Å². The Labute approximate surface area is 120 Å². The number of halogens is 2. The molecule has 0 saturated carbocycles. The van der Waals surface area contributed by atoms with E-state index < -0.39 is 0 Å². The van der Waals surface area contributed by atoms with Crippen LogP contribution < -0.4 is 4.74 Å². The van der Waals surface area contributed by atoms with Gasteiger partial charge in [-0.2, -0.15) is 0 Å². The fourth-order valence-corrected chi connectivity index (χ4v) is 2.10. The minimum atomic E-state index is 0.166. The Balaban J connectivity index is 2.24.